The first-order valence-corrected chi connectivity index (χ1v) is 15.5. The third-order valence-corrected chi connectivity index (χ3v) is 8.93. The summed E-state index contributed by atoms with van der Waals surface area (Å²) in [4.78, 5) is 40.2. The van der Waals surface area contributed by atoms with Crippen LogP contribution in [0.3, 0.4) is 0 Å². The van der Waals surface area contributed by atoms with Crippen molar-refractivity contribution in [2.45, 2.75) is 115 Å². The Morgan fingerprint density at radius 2 is 1.77 bits per heavy atom. The topological polar surface area (TPSA) is 181 Å². The molecule has 2 aliphatic rings. The highest BCUT2D eigenvalue weighted by atomic mass is 32.2. The van der Waals surface area contributed by atoms with E-state index in [1.807, 2.05) is 27.7 Å². The molecule has 13 heteroatoms. The lowest BCUT2D eigenvalue weighted by atomic mass is 9.86. The van der Waals surface area contributed by atoms with Crippen molar-refractivity contribution in [1.82, 2.24) is 10.2 Å². The van der Waals surface area contributed by atoms with E-state index >= 15 is 0 Å². The molecule has 2 aliphatic heterocycles. The van der Waals surface area contributed by atoms with Crippen LogP contribution in [0.5, 0.6) is 0 Å². The van der Waals surface area contributed by atoms with E-state index in [4.69, 9.17) is 19.9 Å². The molecule has 6 N–H and O–H groups in total. The SMILES string of the molecule is CCC[C@@H]1CCN(C(=O)OCOC(=O)[C@@H](N)C(C)CC)[C@H](C(=O)N[C@H](C(C)C)[C@H]2O[C@H](SC)[C@H](O)[C@@H](O)[C@H]2O)C1. The van der Waals surface area contributed by atoms with Crippen LogP contribution in [0.15, 0.2) is 0 Å². The molecule has 2 saturated heterocycles. The molecule has 0 spiro atoms. The predicted molar refractivity (Wildman–Crippen MR) is 150 cm³/mol. The Morgan fingerprint density at radius 1 is 1.10 bits per heavy atom. The van der Waals surface area contributed by atoms with Crippen LogP contribution in [0.4, 0.5) is 4.79 Å². The molecular weight excluding hydrogens is 542 g/mol. The third kappa shape index (κ3) is 8.68. The number of carbonyl (C=O) groups is 3. The van der Waals surface area contributed by atoms with Gasteiger partial charge in [-0.2, -0.15) is 0 Å². The molecule has 232 valence electrons. The molecule has 0 radical (unpaired) electrons. The molecule has 0 saturated carbocycles. The van der Waals surface area contributed by atoms with Crippen molar-refractivity contribution in [3.63, 3.8) is 0 Å². The molecule has 40 heavy (non-hydrogen) atoms. The minimum atomic E-state index is -1.44. The van der Waals surface area contributed by atoms with Gasteiger partial charge >= 0.3 is 12.1 Å². The number of piperidine rings is 1. The summed E-state index contributed by atoms with van der Waals surface area (Å²) in [6, 6.07) is -2.40. The molecule has 0 aromatic carbocycles. The number of aliphatic hydroxyl groups is 3. The molecule has 10 atom stereocenters. The van der Waals surface area contributed by atoms with Gasteiger partial charge < -0.3 is 40.6 Å². The van der Waals surface area contributed by atoms with Crippen LogP contribution in [-0.2, 0) is 23.8 Å². The molecule has 12 nitrogen and oxygen atoms in total. The van der Waals surface area contributed by atoms with Gasteiger partial charge in [-0.25, -0.2) is 4.79 Å². The zero-order valence-corrected chi connectivity index (χ0v) is 25.3. The van der Waals surface area contributed by atoms with Gasteiger partial charge in [-0.3, -0.25) is 14.5 Å². The summed E-state index contributed by atoms with van der Waals surface area (Å²) >= 11 is 1.19. The molecule has 1 unspecified atom stereocenters. The lowest BCUT2D eigenvalue weighted by molar-refractivity contribution is -0.208. The van der Waals surface area contributed by atoms with Gasteiger partial charge in [0.2, 0.25) is 12.7 Å². The number of amides is 2. The zero-order valence-electron chi connectivity index (χ0n) is 24.5. The summed E-state index contributed by atoms with van der Waals surface area (Å²) in [6.45, 7) is 9.16. The number of ether oxygens (including phenoxy) is 3. The van der Waals surface area contributed by atoms with E-state index < -0.39 is 72.7 Å². The van der Waals surface area contributed by atoms with Gasteiger partial charge in [-0.05, 0) is 36.9 Å². The van der Waals surface area contributed by atoms with E-state index in [2.05, 4.69) is 12.2 Å². The van der Waals surface area contributed by atoms with E-state index in [1.54, 1.807) is 6.26 Å². The van der Waals surface area contributed by atoms with Crippen LogP contribution < -0.4 is 11.1 Å². The van der Waals surface area contributed by atoms with Crippen molar-refractivity contribution in [2.75, 3.05) is 19.6 Å². The quantitative estimate of drug-likeness (QED) is 0.162. The molecule has 0 aromatic heterocycles. The van der Waals surface area contributed by atoms with Crippen molar-refractivity contribution in [3.8, 4) is 0 Å². The molecular formula is C27H49N3O9S. The minimum Gasteiger partial charge on any atom is -0.427 e. The van der Waals surface area contributed by atoms with E-state index in [1.165, 1.54) is 16.7 Å². The standard InChI is InChI=1S/C27H49N3O9S/c1-7-9-16-10-11-30(27(36)38-13-37-25(35)18(28)15(5)8-2)17(12-16)24(34)29-19(14(3)4)23-21(32)20(31)22(33)26(39-23)40-6/h14-23,26,31-33H,7-13,28H2,1-6H3,(H,29,34)/t15?,16-,17+,18+,19-,20+,21-,22-,23-,26-/m1/s1. The van der Waals surface area contributed by atoms with Crippen LogP contribution in [0.25, 0.3) is 0 Å². The van der Waals surface area contributed by atoms with Crippen molar-refractivity contribution >= 4 is 29.7 Å². The smallest absolute Gasteiger partial charge is 0.413 e. The van der Waals surface area contributed by atoms with Crippen molar-refractivity contribution in [3.05, 3.63) is 0 Å². The van der Waals surface area contributed by atoms with Gasteiger partial charge in [0.1, 0.15) is 41.9 Å². The highest BCUT2D eigenvalue weighted by Gasteiger charge is 2.48. The van der Waals surface area contributed by atoms with Crippen molar-refractivity contribution < 1.29 is 43.9 Å². The largest absolute Gasteiger partial charge is 0.427 e. The number of hydrogen-bond acceptors (Lipinski definition) is 11. The fourth-order valence-corrected chi connectivity index (χ4v) is 5.91. The van der Waals surface area contributed by atoms with Crippen molar-refractivity contribution in [2.24, 2.45) is 23.5 Å². The second kappa shape index (κ2) is 16.1. The summed E-state index contributed by atoms with van der Waals surface area (Å²) in [5.41, 5.74) is 5.09. The van der Waals surface area contributed by atoms with Gasteiger partial charge in [0.05, 0.1) is 6.04 Å². The second-order valence-corrected chi connectivity index (χ2v) is 12.2. The van der Waals surface area contributed by atoms with Crippen LogP contribution in [0.1, 0.15) is 66.7 Å². The molecule has 2 rings (SSSR count). The number of nitrogens with two attached hydrogens (primary N) is 1. The summed E-state index contributed by atoms with van der Waals surface area (Å²) in [6.07, 6.45) is -0.562. The third-order valence-electron chi connectivity index (χ3n) is 8.08. The fourth-order valence-electron chi connectivity index (χ4n) is 5.23. The molecule has 0 aromatic rings. The lowest BCUT2D eigenvalue weighted by Gasteiger charge is -2.45. The average Bonchev–Trinajstić information content (AvgIpc) is 2.93. The van der Waals surface area contributed by atoms with E-state index in [0.29, 0.717) is 19.3 Å². The first-order valence-electron chi connectivity index (χ1n) is 14.3. The molecule has 2 heterocycles. The van der Waals surface area contributed by atoms with Gasteiger partial charge in [0.15, 0.2) is 0 Å². The summed E-state index contributed by atoms with van der Waals surface area (Å²) in [7, 11) is 0. The van der Waals surface area contributed by atoms with Crippen molar-refractivity contribution in [1.29, 1.82) is 0 Å². The summed E-state index contributed by atoms with van der Waals surface area (Å²) < 4.78 is 16.2. The Hall–Kier alpha value is -1.64. The minimum absolute atomic E-state index is 0.0926. The summed E-state index contributed by atoms with van der Waals surface area (Å²) in [5.74, 6) is -1.18. The number of rotatable bonds is 12. The Balaban J connectivity index is 2.15. The highest BCUT2D eigenvalue weighted by molar-refractivity contribution is 7.99. The molecule has 0 bridgehead atoms. The van der Waals surface area contributed by atoms with E-state index in [0.717, 1.165) is 12.8 Å². The highest BCUT2D eigenvalue weighted by Crippen LogP contribution is 2.32. The molecule has 0 aliphatic carbocycles. The maximum atomic E-state index is 13.7. The first kappa shape index (κ1) is 34.6. The molecule has 2 amide bonds. The Bertz CT molecular complexity index is 833. The van der Waals surface area contributed by atoms with Crippen LogP contribution in [-0.4, -0.2) is 106 Å². The van der Waals surface area contributed by atoms with Gasteiger partial charge in [0, 0.05) is 6.54 Å². The van der Waals surface area contributed by atoms with Crippen LogP contribution in [0.2, 0.25) is 0 Å². The van der Waals surface area contributed by atoms with E-state index in [-0.39, 0.29) is 24.3 Å². The monoisotopic (exact) mass is 591 g/mol. The van der Waals surface area contributed by atoms with Gasteiger partial charge in [0.25, 0.3) is 0 Å². The first-order chi connectivity index (χ1) is 18.9. The van der Waals surface area contributed by atoms with Gasteiger partial charge in [-0.1, -0.05) is 53.9 Å². The Labute approximate surface area is 241 Å². The van der Waals surface area contributed by atoms with Crippen LogP contribution in [0, 0.1) is 17.8 Å². The Kier molecular flexibility index (Phi) is 13.9. The maximum Gasteiger partial charge on any atom is 0.413 e. The second-order valence-electron chi connectivity index (χ2n) is 11.2. The number of aliphatic hydroxyl groups excluding tert-OH is 3. The maximum absolute atomic E-state index is 13.7. The lowest BCUT2D eigenvalue weighted by Crippen LogP contribution is -2.65. The number of carbonyl (C=O) groups excluding carboxylic acids is 3. The van der Waals surface area contributed by atoms with Crippen LogP contribution >= 0.6 is 11.8 Å². The average molecular weight is 592 g/mol. The number of nitrogens with one attached hydrogen (secondary N) is 1. The zero-order chi connectivity index (χ0) is 30.1. The summed E-state index contributed by atoms with van der Waals surface area (Å²) in [5, 5.41) is 34.3. The number of hydrogen-bond donors (Lipinski definition) is 5. The van der Waals surface area contributed by atoms with Gasteiger partial charge in [-0.15, -0.1) is 11.8 Å². The number of esters is 1. The van der Waals surface area contributed by atoms with E-state index in [9.17, 15) is 29.7 Å². The predicted octanol–water partition coefficient (Wildman–Crippen LogP) is 1.19. The molecule has 2 fully saturated rings. The fraction of sp³-hybridized carbons (Fsp3) is 0.889. The normalized spacial score (nSPS) is 31.3. The number of likely N-dealkylation sites (tertiary alicyclic amines) is 1. The number of thioether (sulfide) groups is 1. The Morgan fingerprint density at radius 3 is 2.35 bits per heavy atom. The number of nitrogens with zero attached hydrogens (tertiary/aromatic N) is 1.